The van der Waals surface area contributed by atoms with Gasteiger partial charge < -0.3 is 14.8 Å². The van der Waals surface area contributed by atoms with Crippen LogP contribution in [-0.4, -0.2) is 44.9 Å². The number of benzene rings is 1. The molecule has 2 aliphatic rings. The fourth-order valence-electron chi connectivity index (χ4n) is 3.64. The van der Waals surface area contributed by atoms with E-state index in [2.05, 4.69) is 10.3 Å². The summed E-state index contributed by atoms with van der Waals surface area (Å²) in [5.74, 6) is 0.296. The number of ether oxygens (including phenoxy) is 2. The van der Waals surface area contributed by atoms with Gasteiger partial charge in [-0.15, -0.1) is 11.3 Å². The lowest BCUT2D eigenvalue weighted by atomic mass is 9.86. The maximum absolute atomic E-state index is 11.9. The van der Waals surface area contributed by atoms with Crippen molar-refractivity contribution in [3.63, 3.8) is 0 Å². The van der Waals surface area contributed by atoms with Crippen LogP contribution in [-0.2, 0) is 19.5 Å². The van der Waals surface area contributed by atoms with Crippen LogP contribution >= 0.6 is 11.3 Å². The molecular weight excluding hydrogens is 414 g/mol. The number of alkyl carbamates (subject to hydrolysis) is 1. The van der Waals surface area contributed by atoms with Gasteiger partial charge in [0.05, 0.1) is 28.0 Å². The minimum absolute atomic E-state index is 0.0993. The summed E-state index contributed by atoms with van der Waals surface area (Å²) in [7, 11) is -3.80. The van der Waals surface area contributed by atoms with Crippen molar-refractivity contribution < 1.29 is 22.7 Å². The van der Waals surface area contributed by atoms with Crippen LogP contribution in [0.15, 0.2) is 35.4 Å². The van der Waals surface area contributed by atoms with Crippen molar-refractivity contribution in [1.29, 1.82) is 0 Å². The molecule has 2 heterocycles. The van der Waals surface area contributed by atoms with E-state index in [4.69, 9.17) is 14.6 Å². The third-order valence-corrected chi connectivity index (χ3v) is 7.42. The molecule has 3 N–H and O–H groups in total. The number of nitrogens with one attached hydrogen (secondary N) is 1. The maximum atomic E-state index is 11.9. The Morgan fingerprint density at radius 3 is 2.59 bits per heavy atom. The van der Waals surface area contributed by atoms with E-state index < -0.39 is 10.0 Å². The molecule has 1 aliphatic carbocycles. The van der Waals surface area contributed by atoms with Crippen molar-refractivity contribution in [1.82, 2.24) is 10.3 Å². The topological polar surface area (TPSA) is 121 Å². The summed E-state index contributed by atoms with van der Waals surface area (Å²) >= 11 is 1.50. The number of rotatable bonds is 5. The van der Waals surface area contributed by atoms with Gasteiger partial charge in [-0.05, 0) is 31.7 Å². The van der Waals surface area contributed by atoms with Gasteiger partial charge in [-0.3, -0.25) is 0 Å². The second-order valence-electron chi connectivity index (χ2n) is 7.36. The molecule has 1 aromatic heterocycles. The molecule has 0 radical (unpaired) electrons. The molecule has 8 nitrogen and oxygen atoms in total. The Morgan fingerprint density at radius 1 is 1.21 bits per heavy atom. The number of carbonyl (C=O) groups excluding carboxylic acids is 1. The van der Waals surface area contributed by atoms with Crippen molar-refractivity contribution in [2.45, 2.75) is 48.6 Å². The molecule has 0 atom stereocenters. The first-order valence-electron chi connectivity index (χ1n) is 9.53. The fourth-order valence-corrected chi connectivity index (χ4v) is 5.58. The SMILES string of the molecule is NS(=O)(=O)c1ccccc1-c1cnc(C2CCC(NC(=O)OC3COC3)CC2)s1. The highest BCUT2D eigenvalue weighted by Crippen LogP contribution is 2.39. The smallest absolute Gasteiger partial charge is 0.407 e. The lowest BCUT2D eigenvalue weighted by Crippen LogP contribution is -2.44. The molecule has 2 aromatic rings. The molecular formula is C19H23N3O5S2. The zero-order chi connectivity index (χ0) is 20.4. The Labute approximate surface area is 173 Å². The van der Waals surface area contributed by atoms with Gasteiger partial charge >= 0.3 is 6.09 Å². The molecule has 10 heteroatoms. The Bertz CT molecular complexity index is 979. The molecule has 4 rings (SSSR count). The Kier molecular flexibility index (Phi) is 5.86. The van der Waals surface area contributed by atoms with Crippen molar-refractivity contribution in [3.05, 3.63) is 35.5 Å². The normalized spacial score (nSPS) is 22.7. The summed E-state index contributed by atoms with van der Waals surface area (Å²) in [4.78, 5) is 17.3. The molecule has 0 bridgehead atoms. The fraction of sp³-hybridized carbons (Fsp3) is 0.474. The summed E-state index contributed by atoms with van der Waals surface area (Å²) in [6.07, 6.45) is 4.72. The highest BCUT2D eigenvalue weighted by molar-refractivity contribution is 7.89. The van der Waals surface area contributed by atoms with E-state index in [1.807, 2.05) is 0 Å². The largest absolute Gasteiger partial charge is 0.441 e. The Balaban J connectivity index is 1.37. The van der Waals surface area contributed by atoms with Gasteiger partial charge in [0, 0.05) is 23.7 Å². The van der Waals surface area contributed by atoms with Gasteiger partial charge in [-0.1, -0.05) is 18.2 Å². The summed E-state index contributed by atoms with van der Waals surface area (Å²) in [6, 6.07) is 6.80. The van der Waals surface area contributed by atoms with E-state index >= 15 is 0 Å². The van der Waals surface area contributed by atoms with E-state index in [-0.39, 0.29) is 23.1 Å². The predicted octanol–water partition coefficient (Wildman–Crippen LogP) is 2.61. The number of sulfonamides is 1. The van der Waals surface area contributed by atoms with Gasteiger partial charge in [-0.25, -0.2) is 23.3 Å². The lowest BCUT2D eigenvalue weighted by Gasteiger charge is -2.30. The molecule has 1 saturated heterocycles. The zero-order valence-corrected chi connectivity index (χ0v) is 17.4. The van der Waals surface area contributed by atoms with Crippen LogP contribution in [0.2, 0.25) is 0 Å². The van der Waals surface area contributed by atoms with Gasteiger partial charge in [-0.2, -0.15) is 0 Å². The number of aromatic nitrogens is 1. The van der Waals surface area contributed by atoms with Crippen LogP contribution in [0.3, 0.4) is 0 Å². The van der Waals surface area contributed by atoms with Gasteiger partial charge in [0.1, 0.15) is 0 Å². The molecule has 29 heavy (non-hydrogen) atoms. The average molecular weight is 438 g/mol. The van der Waals surface area contributed by atoms with E-state index in [1.165, 1.54) is 17.4 Å². The molecule has 0 unspecified atom stereocenters. The average Bonchev–Trinajstić information content (AvgIpc) is 3.15. The number of amides is 1. The summed E-state index contributed by atoms with van der Waals surface area (Å²) in [5, 5.41) is 9.26. The number of hydrogen-bond acceptors (Lipinski definition) is 7. The number of nitrogens with zero attached hydrogens (tertiary/aromatic N) is 1. The molecule has 2 fully saturated rings. The van der Waals surface area contributed by atoms with Crippen molar-refractivity contribution in [2.24, 2.45) is 5.14 Å². The quantitative estimate of drug-likeness (QED) is 0.742. The molecule has 0 spiro atoms. The third-order valence-electron chi connectivity index (χ3n) is 5.26. The van der Waals surface area contributed by atoms with Crippen LogP contribution in [0, 0.1) is 0 Å². The van der Waals surface area contributed by atoms with Crippen LogP contribution in [0.4, 0.5) is 4.79 Å². The summed E-state index contributed by atoms with van der Waals surface area (Å²) < 4.78 is 34.0. The van der Waals surface area contributed by atoms with Crippen LogP contribution < -0.4 is 10.5 Å². The number of hydrogen-bond donors (Lipinski definition) is 2. The number of nitrogens with two attached hydrogens (primary N) is 1. The first-order valence-corrected chi connectivity index (χ1v) is 11.9. The van der Waals surface area contributed by atoms with Crippen molar-refractivity contribution in [2.75, 3.05) is 13.2 Å². The minimum atomic E-state index is -3.80. The van der Waals surface area contributed by atoms with Crippen molar-refractivity contribution >= 4 is 27.5 Å². The number of thiazole rings is 1. The monoisotopic (exact) mass is 437 g/mol. The lowest BCUT2D eigenvalue weighted by molar-refractivity contribution is -0.0985. The number of primary sulfonamides is 1. The number of carbonyl (C=O) groups is 1. The third kappa shape index (κ3) is 4.77. The van der Waals surface area contributed by atoms with Gasteiger partial charge in [0.2, 0.25) is 10.0 Å². The van der Waals surface area contributed by atoms with E-state index in [0.29, 0.717) is 24.7 Å². The first kappa shape index (κ1) is 20.3. The van der Waals surface area contributed by atoms with Crippen LogP contribution in [0.1, 0.15) is 36.6 Å². The first-order chi connectivity index (χ1) is 13.9. The zero-order valence-electron chi connectivity index (χ0n) is 15.7. The summed E-state index contributed by atoms with van der Waals surface area (Å²) in [6.45, 7) is 0.947. The van der Waals surface area contributed by atoms with Gasteiger partial charge in [0.25, 0.3) is 0 Å². The van der Waals surface area contributed by atoms with E-state index in [0.717, 1.165) is 35.6 Å². The van der Waals surface area contributed by atoms with Crippen LogP contribution in [0.25, 0.3) is 10.4 Å². The van der Waals surface area contributed by atoms with E-state index in [1.54, 1.807) is 24.4 Å². The molecule has 1 aromatic carbocycles. The highest BCUT2D eigenvalue weighted by Gasteiger charge is 2.28. The van der Waals surface area contributed by atoms with Crippen molar-refractivity contribution in [3.8, 4) is 10.4 Å². The second kappa shape index (κ2) is 8.39. The Hall–Kier alpha value is -2.01. The molecule has 1 saturated carbocycles. The second-order valence-corrected chi connectivity index (χ2v) is 9.95. The highest BCUT2D eigenvalue weighted by atomic mass is 32.2. The Morgan fingerprint density at radius 2 is 1.93 bits per heavy atom. The van der Waals surface area contributed by atoms with Gasteiger partial charge in [0.15, 0.2) is 6.10 Å². The minimum Gasteiger partial charge on any atom is -0.441 e. The predicted molar refractivity (Wildman–Crippen MR) is 108 cm³/mol. The molecule has 156 valence electrons. The van der Waals surface area contributed by atoms with Crippen LogP contribution in [0.5, 0.6) is 0 Å². The summed E-state index contributed by atoms with van der Waals surface area (Å²) in [5.41, 5.74) is 0.580. The van der Waals surface area contributed by atoms with E-state index in [9.17, 15) is 13.2 Å². The maximum Gasteiger partial charge on any atom is 0.407 e. The molecule has 1 amide bonds. The standard InChI is InChI=1S/C19H23N3O5S2/c20-29(24,25)17-4-2-1-3-15(17)16-9-21-18(28-16)12-5-7-13(8-6-12)22-19(23)27-14-10-26-11-14/h1-4,9,12-14H,5-8,10-11H2,(H,22,23)(H2,20,24,25). The molecule has 1 aliphatic heterocycles.